The van der Waals surface area contributed by atoms with Crippen LogP contribution in [0.4, 0.5) is 0 Å². The molecule has 0 bridgehead atoms. The molecule has 0 aromatic carbocycles. The molecule has 186 valence electrons. The normalized spacial score (nSPS) is 10.7. The molecule has 0 aromatic rings. The minimum absolute atomic E-state index is 0.0778. The summed E-state index contributed by atoms with van der Waals surface area (Å²) in [5.74, 6) is -1.09. The van der Waals surface area contributed by atoms with Gasteiger partial charge in [0.25, 0.3) is 0 Å². The van der Waals surface area contributed by atoms with E-state index in [1.54, 1.807) is 6.92 Å². The first-order valence-corrected chi connectivity index (χ1v) is 12.6. The standard InChI is InChI=1S/C26H46O6/c1-23(2)26(30)32-22-18-14-10-6-5-9-13-17-21-31-25(29)20-16-12-8-4-3-7-11-15-19-24(27)28/h1,3-22H2,2H3,(H,27,28). The molecule has 6 nitrogen and oxygen atoms in total. The highest BCUT2D eigenvalue weighted by molar-refractivity contribution is 5.86. The van der Waals surface area contributed by atoms with E-state index < -0.39 is 5.97 Å². The van der Waals surface area contributed by atoms with Gasteiger partial charge in [0.1, 0.15) is 0 Å². The molecule has 0 amide bonds. The van der Waals surface area contributed by atoms with Crippen LogP contribution in [0.1, 0.15) is 122 Å². The number of carboxylic acid groups (broad SMARTS) is 1. The summed E-state index contributed by atoms with van der Waals surface area (Å²) in [6, 6.07) is 0. The first kappa shape index (κ1) is 30.1. The summed E-state index contributed by atoms with van der Waals surface area (Å²) in [7, 11) is 0. The van der Waals surface area contributed by atoms with E-state index in [2.05, 4.69) is 6.58 Å². The number of carboxylic acids is 1. The number of aliphatic carboxylic acids is 1. The fourth-order valence-electron chi connectivity index (χ4n) is 3.42. The van der Waals surface area contributed by atoms with E-state index in [1.807, 2.05) is 0 Å². The smallest absolute Gasteiger partial charge is 0.333 e. The van der Waals surface area contributed by atoms with Gasteiger partial charge < -0.3 is 14.6 Å². The van der Waals surface area contributed by atoms with Crippen molar-refractivity contribution >= 4 is 17.9 Å². The van der Waals surface area contributed by atoms with Crippen LogP contribution in [0.5, 0.6) is 0 Å². The maximum Gasteiger partial charge on any atom is 0.333 e. The molecule has 0 spiro atoms. The maximum atomic E-state index is 11.7. The zero-order chi connectivity index (χ0) is 23.9. The minimum atomic E-state index is -0.708. The Kier molecular flexibility index (Phi) is 21.1. The third kappa shape index (κ3) is 22.8. The van der Waals surface area contributed by atoms with Crippen molar-refractivity contribution in [3.8, 4) is 0 Å². The Bertz CT molecular complexity index is 514. The number of carbonyl (C=O) groups excluding carboxylic acids is 2. The monoisotopic (exact) mass is 454 g/mol. The predicted molar refractivity (Wildman–Crippen MR) is 127 cm³/mol. The number of ether oxygens (including phenoxy) is 2. The lowest BCUT2D eigenvalue weighted by Gasteiger charge is -2.06. The van der Waals surface area contributed by atoms with Crippen LogP contribution in [0, 0.1) is 0 Å². The van der Waals surface area contributed by atoms with E-state index in [0.29, 0.717) is 25.2 Å². The predicted octanol–water partition coefficient (Wildman–Crippen LogP) is 6.76. The zero-order valence-electron chi connectivity index (χ0n) is 20.3. The fraction of sp³-hybridized carbons (Fsp3) is 0.808. The third-order valence-corrected chi connectivity index (χ3v) is 5.40. The van der Waals surface area contributed by atoms with E-state index >= 15 is 0 Å². The highest BCUT2D eigenvalue weighted by Crippen LogP contribution is 2.12. The molecule has 0 saturated carbocycles. The number of hydrogen-bond acceptors (Lipinski definition) is 5. The van der Waals surface area contributed by atoms with Crippen LogP contribution in [0.2, 0.25) is 0 Å². The summed E-state index contributed by atoms with van der Waals surface area (Å²) in [4.78, 5) is 33.4. The van der Waals surface area contributed by atoms with E-state index in [1.165, 1.54) is 19.3 Å². The maximum absolute atomic E-state index is 11.7. The average molecular weight is 455 g/mol. The molecule has 0 fully saturated rings. The number of esters is 2. The van der Waals surface area contributed by atoms with Gasteiger partial charge in [0, 0.05) is 18.4 Å². The first-order chi connectivity index (χ1) is 15.4. The Morgan fingerprint density at radius 1 is 0.594 bits per heavy atom. The van der Waals surface area contributed by atoms with Crippen LogP contribution in [-0.2, 0) is 23.9 Å². The van der Waals surface area contributed by atoms with Crippen molar-refractivity contribution in [3.05, 3.63) is 12.2 Å². The summed E-state index contributed by atoms with van der Waals surface area (Å²) in [6.07, 6.45) is 17.8. The van der Waals surface area contributed by atoms with Gasteiger partial charge in [-0.15, -0.1) is 0 Å². The molecular weight excluding hydrogens is 408 g/mol. The Hall–Kier alpha value is -1.85. The van der Waals surface area contributed by atoms with Gasteiger partial charge >= 0.3 is 17.9 Å². The first-order valence-electron chi connectivity index (χ1n) is 12.6. The quantitative estimate of drug-likeness (QED) is 0.104. The summed E-state index contributed by atoms with van der Waals surface area (Å²) < 4.78 is 10.4. The molecule has 0 aliphatic carbocycles. The molecule has 0 rings (SSSR count). The Balaban J connectivity index is 3.23. The molecule has 32 heavy (non-hydrogen) atoms. The van der Waals surface area contributed by atoms with Crippen LogP contribution in [0.15, 0.2) is 12.2 Å². The summed E-state index contributed by atoms with van der Waals surface area (Å²) in [5, 5.41) is 8.57. The second-order valence-corrected chi connectivity index (χ2v) is 8.69. The number of unbranched alkanes of at least 4 members (excludes halogenated alkanes) is 14. The largest absolute Gasteiger partial charge is 0.481 e. The van der Waals surface area contributed by atoms with Gasteiger partial charge in [-0.05, 0) is 32.6 Å². The molecule has 6 heteroatoms. The van der Waals surface area contributed by atoms with Crippen molar-refractivity contribution in [2.24, 2.45) is 0 Å². The minimum Gasteiger partial charge on any atom is -0.481 e. The van der Waals surface area contributed by atoms with Gasteiger partial charge in [-0.25, -0.2) is 4.79 Å². The molecule has 0 aromatic heterocycles. The fourth-order valence-corrected chi connectivity index (χ4v) is 3.42. The molecule has 0 unspecified atom stereocenters. The van der Waals surface area contributed by atoms with Crippen molar-refractivity contribution < 1.29 is 29.0 Å². The lowest BCUT2D eigenvalue weighted by atomic mass is 10.1. The van der Waals surface area contributed by atoms with Crippen LogP contribution in [0.25, 0.3) is 0 Å². The highest BCUT2D eigenvalue weighted by atomic mass is 16.5. The van der Waals surface area contributed by atoms with Gasteiger partial charge in [0.05, 0.1) is 13.2 Å². The van der Waals surface area contributed by atoms with Crippen LogP contribution in [0.3, 0.4) is 0 Å². The third-order valence-electron chi connectivity index (χ3n) is 5.40. The summed E-state index contributed by atoms with van der Waals surface area (Å²) >= 11 is 0. The van der Waals surface area contributed by atoms with Crippen LogP contribution < -0.4 is 0 Å². The Morgan fingerprint density at radius 2 is 0.969 bits per heavy atom. The van der Waals surface area contributed by atoms with Gasteiger partial charge in [0.15, 0.2) is 0 Å². The van der Waals surface area contributed by atoms with E-state index in [9.17, 15) is 14.4 Å². The van der Waals surface area contributed by atoms with Crippen LogP contribution >= 0.6 is 0 Å². The van der Waals surface area contributed by atoms with Gasteiger partial charge in [-0.1, -0.05) is 83.6 Å². The van der Waals surface area contributed by atoms with Crippen LogP contribution in [-0.4, -0.2) is 36.2 Å². The SMILES string of the molecule is C=C(C)C(=O)OCCCCCCCCCCOC(=O)CCCCCCCCCCC(=O)O. The molecule has 0 heterocycles. The number of rotatable bonds is 23. The second kappa shape index (κ2) is 22.3. The zero-order valence-corrected chi connectivity index (χ0v) is 20.3. The molecule has 0 aliphatic rings. The molecule has 1 N–H and O–H groups in total. The lowest BCUT2D eigenvalue weighted by Crippen LogP contribution is -2.06. The van der Waals surface area contributed by atoms with E-state index in [4.69, 9.17) is 14.6 Å². The molecule has 0 aliphatic heterocycles. The lowest BCUT2D eigenvalue weighted by molar-refractivity contribution is -0.144. The molecule has 0 saturated heterocycles. The Morgan fingerprint density at radius 3 is 1.41 bits per heavy atom. The number of hydrogen-bond donors (Lipinski definition) is 1. The van der Waals surface area contributed by atoms with Gasteiger partial charge in [0.2, 0.25) is 0 Å². The van der Waals surface area contributed by atoms with Crippen molar-refractivity contribution in [3.63, 3.8) is 0 Å². The Labute approximate surface area is 195 Å². The summed E-state index contributed by atoms with van der Waals surface area (Å²) in [5.41, 5.74) is 0.449. The van der Waals surface area contributed by atoms with E-state index in [-0.39, 0.29) is 18.4 Å². The topological polar surface area (TPSA) is 89.9 Å². The van der Waals surface area contributed by atoms with Gasteiger partial charge in [-0.3, -0.25) is 9.59 Å². The average Bonchev–Trinajstić information content (AvgIpc) is 2.75. The van der Waals surface area contributed by atoms with Crippen molar-refractivity contribution in [2.45, 2.75) is 122 Å². The molecule has 0 radical (unpaired) electrons. The molecular formula is C26H46O6. The van der Waals surface area contributed by atoms with E-state index in [0.717, 1.165) is 83.5 Å². The van der Waals surface area contributed by atoms with Crippen molar-refractivity contribution in [1.82, 2.24) is 0 Å². The van der Waals surface area contributed by atoms with Crippen molar-refractivity contribution in [1.29, 1.82) is 0 Å². The highest BCUT2D eigenvalue weighted by Gasteiger charge is 2.03. The van der Waals surface area contributed by atoms with Gasteiger partial charge in [-0.2, -0.15) is 0 Å². The molecule has 0 atom stereocenters. The second-order valence-electron chi connectivity index (χ2n) is 8.69. The number of carbonyl (C=O) groups is 3. The summed E-state index contributed by atoms with van der Waals surface area (Å²) in [6.45, 7) is 6.22. The van der Waals surface area contributed by atoms with Crippen molar-refractivity contribution in [2.75, 3.05) is 13.2 Å².